The van der Waals surface area contributed by atoms with E-state index in [-0.39, 0.29) is 0 Å². The standard InChI is InChI=1S/C52H32N4O/c1-3-15-33(16-4-1)49-53-50(34-17-5-2-6-18-34)55-51(54-49)37-20-13-19-35(31-37)36-29-30-47-43(32-36)52(41-24-9-12-28-46(41)57-47)40-23-8-11-27-45(40)56-44-26-10-7-21-38(44)39-22-14-25-42(52)48(39)56/h1-32H. The van der Waals surface area contributed by atoms with E-state index in [2.05, 4.69) is 138 Å². The highest BCUT2D eigenvalue weighted by atomic mass is 16.5. The van der Waals surface area contributed by atoms with Crippen LogP contribution in [-0.2, 0) is 5.41 Å². The van der Waals surface area contributed by atoms with Crippen LogP contribution in [-0.4, -0.2) is 19.5 Å². The fourth-order valence-electron chi connectivity index (χ4n) is 9.28. The molecular formula is C52H32N4O. The molecule has 1 atom stereocenters. The molecule has 0 bridgehead atoms. The van der Waals surface area contributed by atoms with Gasteiger partial charge in [0.15, 0.2) is 17.5 Å². The van der Waals surface area contributed by atoms with Gasteiger partial charge in [0, 0.05) is 38.6 Å². The minimum absolute atomic E-state index is 0.622. The fraction of sp³-hybridized carbons (Fsp3) is 0.0192. The van der Waals surface area contributed by atoms with Crippen molar-refractivity contribution in [2.45, 2.75) is 5.41 Å². The highest BCUT2D eigenvalue weighted by molar-refractivity contribution is 6.12. The second-order valence-corrected chi connectivity index (χ2v) is 14.7. The molecule has 2 aliphatic rings. The number of hydrogen-bond donors (Lipinski definition) is 0. The number of aromatic nitrogens is 4. The first-order valence-corrected chi connectivity index (χ1v) is 19.3. The summed E-state index contributed by atoms with van der Waals surface area (Å²) in [5, 5.41) is 2.49. The first-order valence-electron chi connectivity index (χ1n) is 19.3. The summed E-state index contributed by atoms with van der Waals surface area (Å²) in [6, 6.07) is 68.4. The predicted molar refractivity (Wildman–Crippen MR) is 228 cm³/mol. The van der Waals surface area contributed by atoms with Gasteiger partial charge < -0.3 is 9.30 Å². The summed E-state index contributed by atoms with van der Waals surface area (Å²) < 4.78 is 9.29. The molecular weight excluding hydrogens is 697 g/mol. The Balaban J connectivity index is 1.09. The Morgan fingerprint density at radius 3 is 1.70 bits per heavy atom. The van der Waals surface area contributed by atoms with Crippen molar-refractivity contribution in [1.29, 1.82) is 0 Å². The third-order valence-electron chi connectivity index (χ3n) is 11.7. The van der Waals surface area contributed by atoms with Crippen LogP contribution in [0.3, 0.4) is 0 Å². The maximum absolute atomic E-state index is 6.82. The van der Waals surface area contributed by atoms with Crippen molar-refractivity contribution in [1.82, 2.24) is 19.5 Å². The molecule has 2 aromatic heterocycles. The molecule has 8 aromatic carbocycles. The Hall–Kier alpha value is -7.63. The van der Waals surface area contributed by atoms with Crippen LogP contribution in [0.5, 0.6) is 11.5 Å². The minimum atomic E-state index is -0.651. The fourth-order valence-corrected chi connectivity index (χ4v) is 9.28. The van der Waals surface area contributed by atoms with Crippen molar-refractivity contribution in [2.24, 2.45) is 0 Å². The molecule has 57 heavy (non-hydrogen) atoms. The van der Waals surface area contributed by atoms with Gasteiger partial charge >= 0.3 is 0 Å². The lowest BCUT2D eigenvalue weighted by Gasteiger charge is -2.45. The van der Waals surface area contributed by atoms with Crippen molar-refractivity contribution >= 4 is 21.8 Å². The van der Waals surface area contributed by atoms with Gasteiger partial charge in [0.2, 0.25) is 0 Å². The smallest absolute Gasteiger partial charge is 0.164 e. The maximum atomic E-state index is 6.82. The molecule has 0 radical (unpaired) electrons. The summed E-state index contributed by atoms with van der Waals surface area (Å²) in [7, 11) is 0. The zero-order valence-corrected chi connectivity index (χ0v) is 30.7. The summed E-state index contributed by atoms with van der Waals surface area (Å²) >= 11 is 0. The first kappa shape index (κ1) is 31.7. The quantitative estimate of drug-likeness (QED) is 0.181. The molecule has 5 heteroatoms. The van der Waals surface area contributed by atoms with Crippen molar-refractivity contribution in [3.05, 3.63) is 216 Å². The molecule has 5 nitrogen and oxygen atoms in total. The minimum Gasteiger partial charge on any atom is -0.457 e. The lowest BCUT2D eigenvalue weighted by atomic mass is 9.61. The largest absolute Gasteiger partial charge is 0.457 e. The van der Waals surface area contributed by atoms with Crippen molar-refractivity contribution in [3.8, 4) is 62.5 Å². The van der Waals surface area contributed by atoms with Gasteiger partial charge in [0.25, 0.3) is 0 Å². The van der Waals surface area contributed by atoms with Crippen molar-refractivity contribution < 1.29 is 4.74 Å². The summed E-state index contributed by atoms with van der Waals surface area (Å²) in [5.74, 6) is 3.62. The number of benzene rings is 8. The normalized spacial score (nSPS) is 14.9. The monoisotopic (exact) mass is 728 g/mol. The zero-order valence-electron chi connectivity index (χ0n) is 30.7. The number of ether oxygens (including phenoxy) is 1. The summed E-state index contributed by atoms with van der Waals surface area (Å²) in [5.41, 5.74) is 12.6. The van der Waals surface area contributed by atoms with Crippen LogP contribution >= 0.6 is 0 Å². The highest BCUT2D eigenvalue weighted by Crippen LogP contribution is 2.60. The average molecular weight is 729 g/mol. The topological polar surface area (TPSA) is 52.8 Å². The average Bonchev–Trinajstić information content (AvgIpc) is 3.63. The van der Waals surface area contributed by atoms with E-state index in [0.29, 0.717) is 17.5 Å². The lowest BCUT2D eigenvalue weighted by Crippen LogP contribution is -2.37. The molecule has 0 saturated heterocycles. The van der Waals surface area contributed by atoms with E-state index in [9.17, 15) is 0 Å². The van der Waals surface area contributed by atoms with E-state index in [4.69, 9.17) is 19.7 Å². The van der Waals surface area contributed by atoms with Gasteiger partial charge in [-0.1, -0.05) is 158 Å². The Labute approximate surface area is 329 Å². The SMILES string of the molecule is c1ccc(-c2nc(-c3ccccc3)nc(-c3cccc(-c4ccc5c(c4)C4(c6ccccc6O5)c5ccccc5-n5c6ccccc6c6cccc4c65)c3)n2)cc1. The van der Waals surface area contributed by atoms with Crippen LogP contribution in [0, 0.1) is 0 Å². The lowest BCUT2D eigenvalue weighted by molar-refractivity contribution is 0.434. The summed E-state index contributed by atoms with van der Waals surface area (Å²) in [4.78, 5) is 15.0. The number of rotatable bonds is 4. The molecule has 1 spiro atoms. The number of para-hydroxylation sites is 4. The van der Waals surface area contributed by atoms with Gasteiger partial charge in [-0.3, -0.25) is 0 Å². The maximum Gasteiger partial charge on any atom is 0.164 e. The summed E-state index contributed by atoms with van der Waals surface area (Å²) in [6.07, 6.45) is 0. The van der Waals surface area contributed by atoms with Gasteiger partial charge in [0.1, 0.15) is 11.5 Å². The molecule has 266 valence electrons. The van der Waals surface area contributed by atoms with Crippen LogP contribution in [0.4, 0.5) is 0 Å². The molecule has 0 aliphatic carbocycles. The van der Waals surface area contributed by atoms with E-state index in [1.165, 1.54) is 38.6 Å². The van der Waals surface area contributed by atoms with E-state index < -0.39 is 5.41 Å². The molecule has 0 saturated carbocycles. The molecule has 10 aromatic rings. The van der Waals surface area contributed by atoms with Gasteiger partial charge in [0.05, 0.1) is 22.1 Å². The molecule has 12 rings (SSSR count). The number of fused-ring (bicyclic) bond motifs is 11. The molecule has 1 unspecified atom stereocenters. The third kappa shape index (κ3) is 4.60. The van der Waals surface area contributed by atoms with Crippen molar-refractivity contribution in [2.75, 3.05) is 0 Å². The molecule has 0 amide bonds. The second-order valence-electron chi connectivity index (χ2n) is 14.7. The van der Waals surface area contributed by atoms with Crippen LogP contribution in [0.1, 0.15) is 22.3 Å². The van der Waals surface area contributed by atoms with Gasteiger partial charge in [-0.15, -0.1) is 0 Å². The predicted octanol–water partition coefficient (Wildman–Crippen LogP) is 12.4. The third-order valence-corrected chi connectivity index (χ3v) is 11.7. The van der Waals surface area contributed by atoms with Gasteiger partial charge in [-0.2, -0.15) is 0 Å². The van der Waals surface area contributed by atoms with Crippen molar-refractivity contribution in [3.63, 3.8) is 0 Å². The van der Waals surface area contributed by atoms with Crippen LogP contribution in [0.15, 0.2) is 194 Å². The van der Waals surface area contributed by atoms with E-state index >= 15 is 0 Å². The molecule has 0 fully saturated rings. The number of nitrogens with zero attached hydrogens (tertiary/aromatic N) is 4. The Kier molecular flexibility index (Phi) is 6.78. The van der Waals surface area contributed by atoms with E-state index in [0.717, 1.165) is 50.4 Å². The van der Waals surface area contributed by atoms with E-state index in [1.807, 2.05) is 60.7 Å². The Morgan fingerprint density at radius 1 is 0.368 bits per heavy atom. The zero-order chi connectivity index (χ0) is 37.5. The second kappa shape index (κ2) is 12.2. The van der Waals surface area contributed by atoms with Crippen LogP contribution in [0.25, 0.3) is 72.8 Å². The number of hydrogen-bond acceptors (Lipinski definition) is 4. The molecule has 4 heterocycles. The Morgan fingerprint density at radius 2 is 0.912 bits per heavy atom. The van der Waals surface area contributed by atoms with Gasteiger partial charge in [-0.05, 0) is 58.7 Å². The molecule has 0 N–H and O–H groups in total. The van der Waals surface area contributed by atoms with E-state index in [1.54, 1.807) is 0 Å². The summed E-state index contributed by atoms with van der Waals surface area (Å²) in [6.45, 7) is 0. The van der Waals surface area contributed by atoms with Gasteiger partial charge in [-0.25, -0.2) is 15.0 Å². The molecule has 2 aliphatic heterocycles. The highest BCUT2D eigenvalue weighted by Gasteiger charge is 2.50. The first-order chi connectivity index (χ1) is 28.3. The van der Waals surface area contributed by atoms with Crippen LogP contribution < -0.4 is 4.74 Å². The van der Waals surface area contributed by atoms with Crippen LogP contribution in [0.2, 0.25) is 0 Å². The Bertz CT molecular complexity index is 3170.